The minimum atomic E-state index is -2.66. The third-order valence-corrected chi connectivity index (χ3v) is 21.6. The van der Waals surface area contributed by atoms with Crippen LogP contribution >= 0.6 is 0 Å². The van der Waals surface area contributed by atoms with Crippen molar-refractivity contribution in [2.45, 2.75) is 36.3 Å². The normalized spacial score (nSPS) is 14.7. The molecule has 19 heavy (non-hydrogen) atoms. The van der Waals surface area contributed by atoms with Crippen molar-refractivity contribution in [1.29, 1.82) is 0 Å². The van der Waals surface area contributed by atoms with Gasteiger partial charge in [0.05, 0.1) is 0 Å². The zero-order valence-electron chi connectivity index (χ0n) is 12.7. The van der Waals surface area contributed by atoms with Crippen LogP contribution in [0, 0.1) is 0 Å². The van der Waals surface area contributed by atoms with E-state index in [9.17, 15) is 0 Å². The molecule has 0 amide bonds. The average Bonchev–Trinajstić information content (AvgIpc) is 2.14. The van der Waals surface area contributed by atoms with E-state index in [2.05, 4.69) is 0 Å². The second kappa shape index (κ2) is 7.87. The standard InChI is InChI=1S/C6H33N7Si6/c7-17(8,4-1-14)13(18(9,10)5-2-15)19(11,12)6-3-16/h1-12H2,14-16H3. The molecule has 0 radical (unpaired) electrons. The molecule has 0 spiro atoms. The topological polar surface area (TPSA) is 159 Å². The summed E-state index contributed by atoms with van der Waals surface area (Å²) in [5.41, 5.74) is 0. The Hall–Kier alpha value is 1.02. The number of hydrogen-bond acceptors (Lipinski definition) is 7. The smallest absolute Gasteiger partial charge is 0.268 e. The molecule has 0 aromatic heterocycles. The second-order valence-corrected chi connectivity index (χ2v) is 18.7. The van der Waals surface area contributed by atoms with Crippen molar-refractivity contribution in [3.05, 3.63) is 0 Å². The maximum absolute atomic E-state index is 6.44. The molecule has 0 aliphatic heterocycles. The summed E-state index contributed by atoms with van der Waals surface area (Å²) >= 11 is 0. The molecule has 12 N–H and O–H groups in total. The highest BCUT2D eigenvalue weighted by Gasteiger charge is 2.53. The first kappa shape index (κ1) is 20.0. The molecule has 7 nitrogen and oxygen atoms in total. The Bertz CT molecular complexity index is 232. The predicted molar refractivity (Wildman–Crippen MR) is 103 cm³/mol. The lowest BCUT2D eigenvalue weighted by molar-refractivity contribution is 0.790. The van der Waals surface area contributed by atoms with E-state index in [4.69, 9.17) is 32.4 Å². The second-order valence-electron chi connectivity index (χ2n) is 5.56. The van der Waals surface area contributed by atoms with Crippen LogP contribution in [0.4, 0.5) is 0 Å². The van der Waals surface area contributed by atoms with Crippen molar-refractivity contribution < 1.29 is 0 Å². The molecule has 0 saturated carbocycles. The van der Waals surface area contributed by atoms with Crippen LogP contribution in [0.15, 0.2) is 0 Å². The van der Waals surface area contributed by atoms with Crippen molar-refractivity contribution in [3.8, 4) is 0 Å². The van der Waals surface area contributed by atoms with E-state index < -0.39 is 25.7 Å². The van der Waals surface area contributed by atoms with Crippen molar-refractivity contribution in [2.75, 3.05) is 0 Å². The summed E-state index contributed by atoms with van der Waals surface area (Å²) in [6.45, 7) is 0. The van der Waals surface area contributed by atoms with Gasteiger partial charge in [-0.05, 0) is 18.1 Å². The van der Waals surface area contributed by atoms with E-state index in [1.807, 2.05) is 3.90 Å². The van der Waals surface area contributed by atoms with E-state index in [1.54, 1.807) is 0 Å². The van der Waals surface area contributed by atoms with Gasteiger partial charge >= 0.3 is 0 Å². The molecule has 0 fully saturated rings. The highest BCUT2D eigenvalue weighted by molar-refractivity contribution is 7.01. The SMILES string of the molecule is N[Si](N)(CC[SiH3])N([Si](N)(N)CC[SiH3])[Si](N)(N)CC[SiH3]. The van der Waals surface area contributed by atoms with Crippen LogP contribution < -0.4 is 32.4 Å². The molecule has 0 rings (SSSR count). The van der Waals surface area contributed by atoms with Crippen molar-refractivity contribution in [2.24, 2.45) is 32.4 Å². The molecule has 0 unspecified atom stereocenters. The van der Waals surface area contributed by atoms with Gasteiger partial charge in [-0.1, -0.05) is 18.1 Å². The molecule has 13 heteroatoms. The van der Waals surface area contributed by atoms with Gasteiger partial charge in [0.15, 0.2) is 0 Å². The first-order valence-corrected chi connectivity index (χ1v) is 18.3. The summed E-state index contributed by atoms with van der Waals surface area (Å²) in [4.78, 5) is 0. The van der Waals surface area contributed by atoms with E-state index in [-0.39, 0.29) is 0 Å². The zero-order valence-corrected chi connectivity index (χ0v) is 21.7. The number of rotatable bonds is 9. The van der Waals surface area contributed by atoms with Gasteiger partial charge in [-0.2, -0.15) is 0 Å². The Morgan fingerprint density at radius 1 is 0.579 bits per heavy atom. The van der Waals surface area contributed by atoms with Crippen LogP contribution in [0.1, 0.15) is 0 Å². The van der Waals surface area contributed by atoms with Crippen LogP contribution in [-0.2, 0) is 0 Å². The third kappa shape index (κ3) is 5.73. The van der Waals surface area contributed by atoms with Crippen molar-refractivity contribution in [1.82, 2.24) is 3.90 Å². The minimum Gasteiger partial charge on any atom is -0.327 e. The molecule has 0 bridgehead atoms. The predicted octanol–water partition coefficient (Wildman–Crippen LogP) is -5.79. The quantitative estimate of drug-likeness (QED) is 0.220. The van der Waals surface area contributed by atoms with Gasteiger partial charge in [0.1, 0.15) is 0 Å². The molecule has 0 aromatic carbocycles. The van der Waals surface area contributed by atoms with E-state index in [1.165, 1.54) is 0 Å². The molecule has 0 aliphatic rings. The maximum Gasteiger partial charge on any atom is 0.268 e. The largest absolute Gasteiger partial charge is 0.327 e. The van der Waals surface area contributed by atoms with Crippen LogP contribution in [0.3, 0.4) is 0 Å². The highest BCUT2D eigenvalue weighted by Crippen LogP contribution is 2.20. The molecule has 0 atom stereocenters. The minimum absolute atomic E-state index is 0.799. The lowest BCUT2D eigenvalue weighted by Crippen LogP contribution is -2.93. The van der Waals surface area contributed by atoms with Crippen molar-refractivity contribution >= 4 is 56.4 Å². The van der Waals surface area contributed by atoms with Crippen LogP contribution in [-0.4, -0.2) is 60.3 Å². The van der Waals surface area contributed by atoms with Crippen LogP contribution in [0.2, 0.25) is 36.3 Å². The lowest BCUT2D eigenvalue weighted by Gasteiger charge is -2.50. The fraction of sp³-hybridized carbons (Fsp3) is 1.00. The first-order chi connectivity index (χ1) is 8.55. The summed E-state index contributed by atoms with van der Waals surface area (Å²) in [7, 11) is -4.75. The fourth-order valence-electron chi connectivity index (χ4n) is 2.70. The Labute approximate surface area is 129 Å². The van der Waals surface area contributed by atoms with Crippen molar-refractivity contribution in [3.63, 3.8) is 0 Å². The van der Waals surface area contributed by atoms with Gasteiger partial charge in [0, 0.05) is 30.7 Å². The summed E-state index contributed by atoms with van der Waals surface area (Å²) in [5.74, 6) is 0. The van der Waals surface area contributed by atoms with Gasteiger partial charge < -0.3 is 32.4 Å². The fourth-order valence-corrected chi connectivity index (χ4v) is 24.3. The maximum atomic E-state index is 6.44. The summed E-state index contributed by atoms with van der Waals surface area (Å²) in [6.07, 6.45) is 0. The van der Waals surface area contributed by atoms with Gasteiger partial charge in [-0.25, -0.2) is 0 Å². The van der Waals surface area contributed by atoms with Gasteiger partial charge in [0.2, 0.25) is 0 Å². The monoisotopic (exact) mass is 371 g/mol. The number of nitrogens with zero attached hydrogens (tertiary/aromatic N) is 1. The summed E-state index contributed by atoms with van der Waals surface area (Å²) in [6, 6.07) is 5.54. The summed E-state index contributed by atoms with van der Waals surface area (Å²) < 4.78 is 1.97. The Morgan fingerprint density at radius 3 is 0.947 bits per heavy atom. The van der Waals surface area contributed by atoms with E-state index in [0.717, 1.165) is 67.0 Å². The summed E-state index contributed by atoms with van der Waals surface area (Å²) in [5, 5.41) is 38.6. The van der Waals surface area contributed by atoms with Crippen LogP contribution in [0.5, 0.6) is 0 Å². The average molecular weight is 372 g/mol. The third-order valence-electron chi connectivity index (χ3n) is 3.20. The Kier molecular flexibility index (Phi) is 8.29. The number of nitrogens with two attached hydrogens (primary N) is 6. The number of hydrogen-bond donors (Lipinski definition) is 6. The van der Waals surface area contributed by atoms with Crippen LogP contribution in [0.25, 0.3) is 0 Å². The zero-order chi connectivity index (χ0) is 15.3. The molecule has 0 saturated heterocycles. The molecule has 0 heterocycles. The first-order valence-electron chi connectivity index (χ1n) is 7.08. The molecular weight excluding hydrogens is 339 g/mol. The lowest BCUT2D eigenvalue weighted by atomic mass is 10.9. The molecule has 0 aromatic rings. The van der Waals surface area contributed by atoms with E-state index in [0.29, 0.717) is 0 Å². The van der Waals surface area contributed by atoms with Gasteiger partial charge in [-0.15, -0.1) is 0 Å². The van der Waals surface area contributed by atoms with E-state index >= 15 is 0 Å². The highest BCUT2D eigenvalue weighted by atomic mass is 28.5. The molecular formula is C6H33N7Si6. The van der Waals surface area contributed by atoms with Gasteiger partial charge in [0.25, 0.3) is 25.7 Å². The Balaban J connectivity index is 5.49. The molecule has 116 valence electrons. The molecule has 0 aliphatic carbocycles. The Morgan fingerprint density at radius 2 is 0.789 bits per heavy atom. The van der Waals surface area contributed by atoms with Gasteiger partial charge in [-0.3, -0.25) is 3.90 Å².